The number of fused-ring (bicyclic) bond motifs is 4. The van der Waals surface area contributed by atoms with Crippen LogP contribution in [-0.4, -0.2) is 46.1 Å². The number of halogens is 1. The summed E-state index contributed by atoms with van der Waals surface area (Å²) in [7, 11) is 0. The lowest BCUT2D eigenvalue weighted by Gasteiger charge is -2.19. The second kappa shape index (κ2) is 10.5. The summed E-state index contributed by atoms with van der Waals surface area (Å²) in [6.07, 6.45) is -0.368. The number of aromatic nitrogens is 1. The van der Waals surface area contributed by atoms with Gasteiger partial charge in [-0.2, -0.15) is 0 Å². The van der Waals surface area contributed by atoms with Crippen molar-refractivity contribution in [1.29, 1.82) is 0 Å². The van der Waals surface area contributed by atoms with Gasteiger partial charge in [0, 0.05) is 23.9 Å². The summed E-state index contributed by atoms with van der Waals surface area (Å²) in [5.74, 6) is -2.02. The van der Waals surface area contributed by atoms with E-state index in [1.807, 2.05) is 48.5 Å². The standard InChI is InChI=1S/C31H29FN2O6/c1-31(2,3)40-30(38)34-16-18(20-13-12-19(32)15-27(20)34)14-26(28(35)36)33-29(37)39-17-25-23-10-6-4-8-21(23)22-9-5-7-11-24(22)25/h4-13,15-16,25-26H,14,17H2,1-3H3,(H,33,37)(H,35,36)/t26-/m0/s1. The van der Waals surface area contributed by atoms with Crippen molar-refractivity contribution < 1.29 is 33.4 Å². The molecule has 0 spiro atoms. The smallest absolute Gasteiger partial charge is 0.419 e. The highest BCUT2D eigenvalue weighted by Crippen LogP contribution is 2.44. The molecule has 0 radical (unpaired) electrons. The molecule has 8 nitrogen and oxygen atoms in total. The lowest BCUT2D eigenvalue weighted by molar-refractivity contribution is -0.139. The minimum absolute atomic E-state index is 0.0312. The number of benzene rings is 3. The van der Waals surface area contributed by atoms with Crippen molar-refractivity contribution in [2.75, 3.05) is 6.61 Å². The normalized spacial score (nSPS) is 13.4. The lowest BCUT2D eigenvalue weighted by Crippen LogP contribution is -2.42. The Kier molecular flexibility index (Phi) is 7.06. The van der Waals surface area contributed by atoms with Crippen LogP contribution in [0, 0.1) is 5.82 Å². The molecule has 1 atom stereocenters. The van der Waals surface area contributed by atoms with Gasteiger partial charge in [-0.15, -0.1) is 0 Å². The zero-order valence-electron chi connectivity index (χ0n) is 22.3. The molecule has 1 heterocycles. The van der Waals surface area contributed by atoms with Crippen molar-refractivity contribution >= 4 is 29.1 Å². The maximum atomic E-state index is 14.1. The number of carboxylic acids is 1. The molecule has 40 heavy (non-hydrogen) atoms. The fourth-order valence-electron chi connectivity index (χ4n) is 5.10. The molecule has 0 bridgehead atoms. The van der Waals surface area contributed by atoms with Crippen LogP contribution < -0.4 is 5.32 Å². The maximum absolute atomic E-state index is 14.1. The molecule has 0 aliphatic heterocycles. The molecule has 1 aliphatic rings. The Bertz CT molecular complexity index is 1570. The monoisotopic (exact) mass is 544 g/mol. The van der Waals surface area contributed by atoms with Crippen molar-refractivity contribution in [1.82, 2.24) is 9.88 Å². The molecule has 9 heteroatoms. The quantitative estimate of drug-likeness (QED) is 0.304. The topological polar surface area (TPSA) is 107 Å². The van der Waals surface area contributed by atoms with Gasteiger partial charge in [-0.1, -0.05) is 48.5 Å². The molecule has 5 rings (SSSR count). The first-order chi connectivity index (χ1) is 19.0. The highest BCUT2D eigenvalue weighted by atomic mass is 19.1. The zero-order chi connectivity index (χ0) is 28.6. The second-order valence-electron chi connectivity index (χ2n) is 10.7. The number of rotatable bonds is 6. The summed E-state index contributed by atoms with van der Waals surface area (Å²) in [6.45, 7) is 5.15. The number of alkyl carbamates (subject to hydrolysis) is 1. The number of nitrogens with one attached hydrogen (secondary N) is 1. The molecular formula is C31H29FN2O6. The highest BCUT2D eigenvalue weighted by molar-refractivity contribution is 5.93. The first-order valence-corrected chi connectivity index (χ1v) is 12.9. The van der Waals surface area contributed by atoms with Crippen molar-refractivity contribution in [3.8, 4) is 11.1 Å². The van der Waals surface area contributed by atoms with Gasteiger partial charge in [0.05, 0.1) is 5.52 Å². The van der Waals surface area contributed by atoms with E-state index in [4.69, 9.17) is 9.47 Å². The Morgan fingerprint density at radius 2 is 1.62 bits per heavy atom. The molecule has 0 fully saturated rings. The van der Waals surface area contributed by atoms with Crippen LogP contribution in [0.15, 0.2) is 72.9 Å². The maximum Gasteiger partial charge on any atom is 0.419 e. The SMILES string of the molecule is CC(C)(C)OC(=O)n1cc(C[C@H](NC(=O)OCC2c3ccccc3-c3ccccc32)C(=O)O)c2ccc(F)cc21. The van der Waals surface area contributed by atoms with Crippen LogP contribution in [0.5, 0.6) is 0 Å². The molecule has 0 saturated carbocycles. The number of nitrogens with zero attached hydrogens (tertiary/aromatic N) is 1. The first-order valence-electron chi connectivity index (χ1n) is 12.9. The summed E-state index contributed by atoms with van der Waals surface area (Å²) in [5.41, 5.74) is 4.08. The number of ether oxygens (including phenoxy) is 2. The first kappa shape index (κ1) is 26.9. The van der Waals surface area contributed by atoms with E-state index in [2.05, 4.69) is 5.32 Å². The number of aliphatic carboxylic acids is 1. The Morgan fingerprint density at radius 1 is 1.00 bits per heavy atom. The second-order valence-corrected chi connectivity index (χ2v) is 10.7. The van der Waals surface area contributed by atoms with E-state index in [0.717, 1.165) is 26.8 Å². The molecule has 4 aromatic rings. The van der Waals surface area contributed by atoms with Crippen molar-refractivity contribution in [2.45, 2.75) is 44.8 Å². The predicted molar refractivity (Wildman–Crippen MR) is 147 cm³/mol. The van der Waals surface area contributed by atoms with E-state index in [0.29, 0.717) is 10.9 Å². The van der Waals surface area contributed by atoms with Gasteiger partial charge in [-0.3, -0.25) is 4.57 Å². The van der Waals surface area contributed by atoms with Gasteiger partial charge in [0.2, 0.25) is 0 Å². The van der Waals surface area contributed by atoms with E-state index in [1.54, 1.807) is 20.8 Å². The summed E-state index contributed by atoms with van der Waals surface area (Å²) in [5, 5.41) is 12.8. The van der Waals surface area contributed by atoms with Crippen LogP contribution in [0.4, 0.5) is 14.0 Å². The summed E-state index contributed by atoms with van der Waals surface area (Å²) < 4.78 is 26.1. The van der Waals surface area contributed by atoms with E-state index in [9.17, 15) is 23.9 Å². The summed E-state index contributed by atoms with van der Waals surface area (Å²) >= 11 is 0. The van der Waals surface area contributed by atoms with Gasteiger partial charge >= 0.3 is 18.2 Å². The average Bonchev–Trinajstić information content (AvgIpc) is 3.41. The fraction of sp³-hybridized carbons (Fsp3) is 0.258. The minimum atomic E-state index is -1.36. The Morgan fingerprint density at radius 3 is 2.23 bits per heavy atom. The highest BCUT2D eigenvalue weighted by Gasteiger charge is 2.30. The number of amides is 1. The van der Waals surface area contributed by atoms with Crippen LogP contribution in [0.1, 0.15) is 43.4 Å². The van der Waals surface area contributed by atoms with E-state index in [-0.39, 0.29) is 24.5 Å². The largest absolute Gasteiger partial charge is 0.480 e. The molecule has 1 aromatic heterocycles. The third-order valence-electron chi connectivity index (χ3n) is 6.80. The molecule has 1 amide bonds. The molecule has 3 aromatic carbocycles. The summed E-state index contributed by atoms with van der Waals surface area (Å²) in [4.78, 5) is 37.7. The average molecular weight is 545 g/mol. The number of carboxylic acid groups (broad SMARTS) is 1. The van der Waals surface area contributed by atoms with Gasteiger partial charge in [0.25, 0.3) is 0 Å². The third-order valence-corrected chi connectivity index (χ3v) is 6.80. The van der Waals surface area contributed by atoms with E-state index >= 15 is 0 Å². The Hall–Kier alpha value is -4.66. The molecular weight excluding hydrogens is 515 g/mol. The van der Waals surface area contributed by atoms with Crippen molar-refractivity contribution in [2.24, 2.45) is 0 Å². The van der Waals surface area contributed by atoms with E-state index in [1.165, 1.54) is 24.4 Å². The third kappa shape index (κ3) is 5.40. The van der Waals surface area contributed by atoms with Gasteiger partial charge in [0.15, 0.2) is 0 Å². The van der Waals surface area contributed by atoms with Gasteiger partial charge < -0.3 is 19.9 Å². The number of carbonyl (C=O) groups excluding carboxylic acids is 2. The number of carbonyl (C=O) groups is 3. The summed E-state index contributed by atoms with van der Waals surface area (Å²) in [6, 6.07) is 18.3. The Balaban J connectivity index is 1.33. The molecule has 0 unspecified atom stereocenters. The van der Waals surface area contributed by atoms with Crippen LogP contribution in [-0.2, 0) is 20.7 Å². The van der Waals surface area contributed by atoms with Gasteiger partial charge in [-0.25, -0.2) is 18.8 Å². The van der Waals surface area contributed by atoms with Crippen LogP contribution in [0.25, 0.3) is 22.0 Å². The number of hydrogen-bond donors (Lipinski definition) is 2. The van der Waals surface area contributed by atoms with Crippen molar-refractivity contribution in [3.63, 3.8) is 0 Å². The molecule has 0 saturated heterocycles. The zero-order valence-corrected chi connectivity index (χ0v) is 22.3. The minimum Gasteiger partial charge on any atom is -0.480 e. The van der Waals surface area contributed by atoms with Crippen LogP contribution in [0.2, 0.25) is 0 Å². The molecule has 2 N–H and O–H groups in total. The molecule has 1 aliphatic carbocycles. The number of hydrogen-bond acceptors (Lipinski definition) is 5. The molecule has 206 valence electrons. The van der Waals surface area contributed by atoms with Crippen LogP contribution in [0.3, 0.4) is 0 Å². The van der Waals surface area contributed by atoms with Gasteiger partial charge in [0.1, 0.15) is 24.1 Å². The lowest BCUT2D eigenvalue weighted by atomic mass is 9.98. The van der Waals surface area contributed by atoms with Crippen molar-refractivity contribution in [3.05, 3.63) is 95.4 Å². The predicted octanol–water partition coefficient (Wildman–Crippen LogP) is 6.10. The van der Waals surface area contributed by atoms with E-state index < -0.39 is 35.6 Å². The fourth-order valence-corrected chi connectivity index (χ4v) is 5.10. The Labute approximate surface area is 230 Å². The van der Waals surface area contributed by atoms with Crippen LogP contribution >= 0.6 is 0 Å². The van der Waals surface area contributed by atoms with Gasteiger partial charge in [-0.05, 0) is 66.8 Å².